The second kappa shape index (κ2) is 5.79. The fourth-order valence-electron chi connectivity index (χ4n) is 2.71. The molecule has 0 fully saturated rings. The number of aromatic nitrogens is 2. The highest BCUT2D eigenvalue weighted by molar-refractivity contribution is 6.07. The van der Waals surface area contributed by atoms with Crippen LogP contribution in [0.4, 0.5) is 5.69 Å². The minimum atomic E-state index is -0.219. The summed E-state index contributed by atoms with van der Waals surface area (Å²) in [5, 5.41) is 8.19. The zero-order valence-corrected chi connectivity index (χ0v) is 13.6. The van der Waals surface area contributed by atoms with Crippen molar-refractivity contribution in [3.8, 4) is 5.75 Å². The molecule has 0 saturated carbocycles. The van der Waals surface area contributed by atoms with Gasteiger partial charge in [0.2, 0.25) is 0 Å². The van der Waals surface area contributed by atoms with Crippen LogP contribution in [0.1, 0.15) is 28.7 Å². The molecule has 0 atom stereocenters. The summed E-state index contributed by atoms with van der Waals surface area (Å²) in [6.07, 6.45) is 1.58. The third-order valence-electron chi connectivity index (χ3n) is 3.94. The number of nitrogens with one attached hydrogen (secondary N) is 1. The van der Waals surface area contributed by atoms with Crippen molar-refractivity contribution < 1.29 is 13.9 Å². The van der Waals surface area contributed by atoms with E-state index in [9.17, 15) is 4.79 Å². The van der Waals surface area contributed by atoms with E-state index in [1.54, 1.807) is 25.5 Å². The number of methoxy groups -OCH3 is 1. The van der Waals surface area contributed by atoms with Crippen LogP contribution < -0.4 is 10.1 Å². The lowest BCUT2D eigenvalue weighted by atomic mass is 10.1. The van der Waals surface area contributed by atoms with E-state index in [0.29, 0.717) is 16.9 Å². The summed E-state index contributed by atoms with van der Waals surface area (Å²) >= 11 is 0. The Hall–Kier alpha value is -2.76. The average molecular weight is 313 g/mol. The number of rotatable bonds is 4. The minimum absolute atomic E-state index is 0.219. The van der Waals surface area contributed by atoms with Gasteiger partial charge in [0.1, 0.15) is 11.3 Å². The molecular weight excluding hydrogens is 294 g/mol. The van der Waals surface area contributed by atoms with Gasteiger partial charge in [-0.3, -0.25) is 9.48 Å². The number of carbonyl (C=O) groups excluding carboxylic acids is 1. The molecule has 2 heterocycles. The molecule has 2 aromatic heterocycles. The van der Waals surface area contributed by atoms with Crippen molar-refractivity contribution in [1.29, 1.82) is 0 Å². The van der Waals surface area contributed by atoms with Gasteiger partial charge in [0.05, 0.1) is 35.8 Å². The van der Waals surface area contributed by atoms with Gasteiger partial charge in [0.25, 0.3) is 5.91 Å². The van der Waals surface area contributed by atoms with E-state index in [1.165, 1.54) is 0 Å². The SMILES string of the molecule is CCn1nc(C)c(NC(=O)c2cc(OC)c3ccoc3c2)c1C. The molecule has 23 heavy (non-hydrogen) atoms. The first-order chi connectivity index (χ1) is 11.0. The summed E-state index contributed by atoms with van der Waals surface area (Å²) in [6.45, 7) is 6.59. The fraction of sp³-hybridized carbons (Fsp3) is 0.294. The van der Waals surface area contributed by atoms with Crippen LogP contribution >= 0.6 is 0 Å². The Morgan fingerprint density at radius 2 is 2.17 bits per heavy atom. The number of hydrogen-bond donors (Lipinski definition) is 1. The van der Waals surface area contributed by atoms with Crippen molar-refractivity contribution in [1.82, 2.24) is 9.78 Å². The normalized spacial score (nSPS) is 11.0. The van der Waals surface area contributed by atoms with Gasteiger partial charge in [-0.05, 0) is 39.0 Å². The molecule has 0 radical (unpaired) electrons. The van der Waals surface area contributed by atoms with Crippen molar-refractivity contribution >= 4 is 22.6 Å². The Labute approximate surface area is 134 Å². The van der Waals surface area contributed by atoms with Crippen LogP contribution in [0.15, 0.2) is 28.9 Å². The van der Waals surface area contributed by atoms with Crippen LogP contribution in [0.3, 0.4) is 0 Å². The highest BCUT2D eigenvalue weighted by Gasteiger charge is 2.17. The highest BCUT2D eigenvalue weighted by Crippen LogP contribution is 2.29. The van der Waals surface area contributed by atoms with Gasteiger partial charge >= 0.3 is 0 Å². The van der Waals surface area contributed by atoms with Gasteiger partial charge in [-0.1, -0.05) is 0 Å². The van der Waals surface area contributed by atoms with Crippen molar-refractivity contribution in [2.75, 3.05) is 12.4 Å². The van der Waals surface area contributed by atoms with Crippen LogP contribution in [0.2, 0.25) is 0 Å². The maximum absolute atomic E-state index is 12.6. The highest BCUT2D eigenvalue weighted by atomic mass is 16.5. The molecule has 0 spiro atoms. The Morgan fingerprint density at radius 3 is 2.83 bits per heavy atom. The predicted octanol–water partition coefficient (Wildman–Crippen LogP) is 3.53. The molecule has 3 rings (SSSR count). The molecule has 0 unspecified atom stereocenters. The molecule has 6 nitrogen and oxygen atoms in total. The molecule has 0 aliphatic carbocycles. The Kier molecular flexibility index (Phi) is 3.82. The van der Waals surface area contributed by atoms with Crippen molar-refractivity contribution in [2.45, 2.75) is 27.3 Å². The quantitative estimate of drug-likeness (QED) is 0.800. The molecule has 1 aromatic carbocycles. The number of anilines is 1. The van der Waals surface area contributed by atoms with Crippen LogP contribution in [0, 0.1) is 13.8 Å². The largest absolute Gasteiger partial charge is 0.496 e. The number of nitrogens with zero attached hydrogens (tertiary/aromatic N) is 2. The molecule has 120 valence electrons. The van der Waals surface area contributed by atoms with E-state index in [1.807, 2.05) is 31.5 Å². The summed E-state index contributed by atoms with van der Waals surface area (Å²) in [6, 6.07) is 5.24. The van der Waals surface area contributed by atoms with E-state index in [0.717, 1.165) is 29.0 Å². The lowest BCUT2D eigenvalue weighted by Gasteiger charge is -2.08. The topological polar surface area (TPSA) is 69.3 Å². The van der Waals surface area contributed by atoms with E-state index in [-0.39, 0.29) is 5.91 Å². The van der Waals surface area contributed by atoms with Gasteiger partial charge in [-0.25, -0.2) is 0 Å². The first-order valence-corrected chi connectivity index (χ1v) is 7.45. The summed E-state index contributed by atoms with van der Waals surface area (Å²) in [4.78, 5) is 12.6. The lowest BCUT2D eigenvalue weighted by molar-refractivity contribution is 0.102. The molecular formula is C17H19N3O3. The van der Waals surface area contributed by atoms with Gasteiger partial charge in [-0.15, -0.1) is 0 Å². The lowest BCUT2D eigenvalue weighted by Crippen LogP contribution is -2.13. The van der Waals surface area contributed by atoms with Crippen LogP contribution in [-0.2, 0) is 6.54 Å². The number of aryl methyl sites for hydroxylation is 2. The van der Waals surface area contributed by atoms with Gasteiger partial charge in [0.15, 0.2) is 0 Å². The van der Waals surface area contributed by atoms with Gasteiger partial charge in [-0.2, -0.15) is 5.10 Å². The molecule has 0 bridgehead atoms. The third kappa shape index (κ3) is 2.56. The van der Waals surface area contributed by atoms with Gasteiger partial charge in [0, 0.05) is 12.1 Å². The maximum Gasteiger partial charge on any atom is 0.256 e. The van der Waals surface area contributed by atoms with E-state index < -0.39 is 0 Å². The van der Waals surface area contributed by atoms with Crippen molar-refractivity contribution in [3.05, 3.63) is 41.4 Å². The predicted molar refractivity (Wildman–Crippen MR) is 88.1 cm³/mol. The average Bonchev–Trinajstić information content (AvgIpc) is 3.13. The molecule has 1 amide bonds. The Morgan fingerprint density at radius 1 is 1.39 bits per heavy atom. The number of furan rings is 1. The van der Waals surface area contributed by atoms with E-state index in [2.05, 4.69) is 10.4 Å². The smallest absolute Gasteiger partial charge is 0.256 e. The zero-order valence-electron chi connectivity index (χ0n) is 13.6. The molecule has 1 N–H and O–H groups in total. The third-order valence-corrected chi connectivity index (χ3v) is 3.94. The zero-order chi connectivity index (χ0) is 16.6. The summed E-state index contributed by atoms with van der Waals surface area (Å²) in [5.41, 5.74) is 3.57. The van der Waals surface area contributed by atoms with E-state index >= 15 is 0 Å². The molecule has 6 heteroatoms. The minimum Gasteiger partial charge on any atom is -0.496 e. The number of ether oxygens (including phenoxy) is 1. The van der Waals surface area contributed by atoms with Crippen LogP contribution in [0.5, 0.6) is 5.75 Å². The second-order valence-corrected chi connectivity index (χ2v) is 5.33. The molecule has 0 saturated heterocycles. The Bertz CT molecular complexity index is 877. The standard InChI is InChI=1S/C17H19N3O3/c1-5-20-11(3)16(10(2)19-20)18-17(21)12-8-14(22-4)13-6-7-23-15(13)9-12/h6-9H,5H2,1-4H3,(H,18,21). The van der Waals surface area contributed by atoms with E-state index in [4.69, 9.17) is 9.15 Å². The molecule has 0 aliphatic heterocycles. The first-order valence-electron chi connectivity index (χ1n) is 7.45. The fourth-order valence-corrected chi connectivity index (χ4v) is 2.71. The van der Waals surface area contributed by atoms with Crippen LogP contribution in [0.25, 0.3) is 11.0 Å². The second-order valence-electron chi connectivity index (χ2n) is 5.33. The summed E-state index contributed by atoms with van der Waals surface area (Å²) < 4.78 is 12.6. The van der Waals surface area contributed by atoms with Crippen molar-refractivity contribution in [2.24, 2.45) is 0 Å². The van der Waals surface area contributed by atoms with Gasteiger partial charge < -0.3 is 14.5 Å². The molecule has 0 aliphatic rings. The number of fused-ring (bicyclic) bond motifs is 1. The van der Waals surface area contributed by atoms with Crippen molar-refractivity contribution in [3.63, 3.8) is 0 Å². The van der Waals surface area contributed by atoms with Crippen LogP contribution in [-0.4, -0.2) is 22.8 Å². The maximum atomic E-state index is 12.6. The Balaban J connectivity index is 1.96. The molecule has 3 aromatic rings. The summed E-state index contributed by atoms with van der Waals surface area (Å²) in [5.74, 6) is 0.391. The number of carbonyl (C=O) groups is 1. The first kappa shape index (κ1) is 15.1. The monoisotopic (exact) mass is 313 g/mol. The summed E-state index contributed by atoms with van der Waals surface area (Å²) in [7, 11) is 1.57. The number of hydrogen-bond acceptors (Lipinski definition) is 4. The number of benzene rings is 1. The number of amides is 1.